The van der Waals surface area contributed by atoms with Crippen LogP contribution in [0.2, 0.25) is 5.02 Å². The summed E-state index contributed by atoms with van der Waals surface area (Å²) in [5.41, 5.74) is 1.49. The SMILES string of the molecule is CN1CCCN(C(=O)COc2ccc(F)cc2Cl)c2nc3ccccc3nc21. The van der Waals surface area contributed by atoms with Crippen LogP contribution in [0.25, 0.3) is 11.0 Å². The summed E-state index contributed by atoms with van der Waals surface area (Å²) < 4.78 is 18.7. The van der Waals surface area contributed by atoms with Crippen LogP contribution in [0.15, 0.2) is 42.5 Å². The standard InChI is InChI=1S/C20H18ClFN4O2/c1-25-9-4-10-26(18(27)12-28-17-8-7-13(22)11-14(17)21)20-19(25)23-15-5-2-3-6-16(15)24-20/h2-3,5-8,11H,4,9-10,12H2,1H3. The summed E-state index contributed by atoms with van der Waals surface area (Å²) >= 11 is 5.97. The number of fused-ring (bicyclic) bond motifs is 2. The third-order valence-electron chi connectivity index (χ3n) is 4.57. The van der Waals surface area contributed by atoms with E-state index in [0.29, 0.717) is 18.2 Å². The van der Waals surface area contributed by atoms with Crippen LogP contribution >= 0.6 is 11.6 Å². The lowest BCUT2D eigenvalue weighted by Crippen LogP contribution is -2.36. The number of amides is 1. The number of nitrogens with zero attached hydrogens (tertiary/aromatic N) is 4. The highest BCUT2D eigenvalue weighted by Crippen LogP contribution is 2.30. The van der Waals surface area contributed by atoms with E-state index in [1.165, 1.54) is 12.1 Å². The van der Waals surface area contributed by atoms with Gasteiger partial charge in [0, 0.05) is 20.1 Å². The quantitative estimate of drug-likeness (QED) is 0.671. The first kappa shape index (κ1) is 18.4. The van der Waals surface area contributed by atoms with E-state index >= 15 is 0 Å². The molecule has 1 aromatic heterocycles. The van der Waals surface area contributed by atoms with E-state index in [2.05, 4.69) is 4.98 Å². The van der Waals surface area contributed by atoms with E-state index < -0.39 is 5.82 Å². The van der Waals surface area contributed by atoms with Gasteiger partial charge in [0.1, 0.15) is 11.6 Å². The Labute approximate surface area is 166 Å². The summed E-state index contributed by atoms with van der Waals surface area (Å²) in [5.74, 6) is 0.701. The number of aromatic nitrogens is 2. The second-order valence-electron chi connectivity index (χ2n) is 6.54. The van der Waals surface area contributed by atoms with Gasteiger partial charge in [-0.2, -0.15) is 0 Å². The molecule has 3 aromatic rings. The summed E-state index contributed by atoms with van der Waals surface area (Å²) in [5, 5.41) is 0.120. The largest absolute Gasteiger partial charge is 0.482 e. The molecule has 0 radical (unpaired) electrons. The van der Waals surface area contributed by atoms with Crippen LogP contribution in [0.5, 0.6) is 5.75 Å². The van der Waals surface area contributed by atoms with E-state index in [4.69, 9.17) is 21.3 Å². The molecule has 1 amide bonds. The minimum Gasteiger partial charge on any atom is -0.482 e. The third-order valence-corrected chi connectivity index (χ3v) is 4.87. The minimum atomic E-state index is -0.463. The van der Waals surface area contributed by atoms with Crippen LogP contribution < -0.4 is 14.5 Å². The number of hydrogen-bond acceptors (Lipinski definition) is 5. The number of hydrogen-bond donors (Lipinski definition) is 0. The molecule has 2 heterocycles. The molecule has 0 aliphatic carbocycles. The molecule has 0 bridgehead atoms. The summed E-state index contributed by atoms with van der Waals surface area (Å²) in [6.07, 6.45) is 0.772. The lowest BCUT2D eigenvalue weighted by molar-refractivity contribution is -0.120. The predicted molar refractivity (Wildman–Crippen MR) is 107 cm³/mol. The topological polar surface area (TPSA) is 58.6 Å². The average Bonchev–Trinajstić information content (AvgIpc) is 2.84. The average molecular weight is 401 g/mol. The van der Waals surface area contributed by atoms with Crippen molar-refractivity contribution >= 4 is 40.2 Å². The Morgan fingerprint density at radius 3 is 2.57 bits per heavy atom. The van der Waals surface area contributed by atoms with Gasteiger partial charge in [-0.1, -0.05) is 23.7 Å². The first-order valence-corrected chi connectivity index (χ1v) is 9.27. The van der Waals surface area contributed by atoms with E-state index in [1.54, 1.807) is 4.90 Å². The maximum atomic E-state index is 13.2. The Bertz CT molecular complexity index is 1050. The number of carbonyl (C=O) groups excluding carboxylic acids is 1. The van der Waals surface area contributed by atoms with E-state index in [1.807, 2.05) is 36.2 Å². The minimum absolute atomic E-state index is 0.120. The van der Waals surface area contributed by atoms with Crippen molar-refractivity contribution in [2.75, 3.05) is 36.5 Å². The second kappa shape index (κ2) is 7.59. The van der Waals surface area contributed by atoms with Crippen molar-refractivity contribution < 1.29 is 13.9 Å². The third kappa shape index (κ3) is 3.57. The fourth-order valence-electron chi connectivity index (χ4n) is 3.15. The number of benzene rings is 2. The Hall–Kier alpha value is -2.93. The molecule has 0 fully saturated rings. The Kier molecular flexibility index (Phi) is 5.00. The lowest BCUT2D eigenvalue weighted by atomic mass is 10.3. The van der Waals surface area contributed by atoms with Crippen LogP contribution in [0.1, 0.15) is 6.42 Å². The molecule has 6 nitrogen and oxygen atoms in total. The Morgan fingerprint density at radius 1 is 1.14 bits per heavy atom. The summed E-state index contributed by atoms with van der Waals surface area (Å²) in [4.78, 5) is 25.9. The monoisotopic (exact) mass is 400 g/mol. The summed E-state index contributed by atoms with van der Waals surface area (Å²) in [7, 11) is 1.94. The van der Waals surface area contributed by atoms with Crippen LogP contribution in [0.3, 0.4) is 0 Å². The maximum Gasteiger partial charge on any atom is 0.266 e. The molecule has 0 spiro atoms. The molecular formula is C20H18ClFN4O2. The van der Waals surface area contributed by atoms with Gasteiger partial charge >= 0.3 is 0 Å². The highest BCUT2D eigenvalue weighted by Gasteiger charge is 2.27. The van der Waals surface area contributed by atoms with Crippen LogP contribution in [-0.2, 0) is 4.79 Å². The number of rotatable bonds is 3. The normalized spacial score (nSPS) is 14.0. The van der Waals surface area contributed by atoms with Gasteiger partial charge < -0.3 is 9.64 Å². The van der Waals surface area contributed by atoms with Gasteiger partial charge in [0.25, 0.3) is 5.91 Å². The molecule has 0 unspecified atom stereocenters. The van der Waals surface area contributed by atoms with Crippen molar-refractivity contribution in [1.82, 2.24) is 9.97 Å². The smallest absolute Gasteiger partial charge is 0.266 e. The highest BCUT2D eigenvalue weighted by molar-refractivity contribution is 6.32. The molecule has 1 aliphatic rings. The highest BCUT2D eigenvalue weighted by atomic mass is 35.5. The van der Waals surface area contributed by atoms with E-state index in [9.17, 15) is 9.18 Å². The molecule has 144 valence electrons. The number of para-hydroxylation sites is 2. The summed E-state index contributed by atoms with van der Waals surface area (Å²) in [6, 6.07) is 11.3. The zero-order valence-electron chi connectivity index (χ0n) is 15.2. The van der Waals surface area contributed by atoms with Crippen molar-refractivity contribution in [1.29, 1.82) is 0 Å². The molecule has 28 heavy (non-hydrogen) atoms. The fraction of sp³-hybridized carbons (Fsp3) is 0.250. The van der Waals surface area contributed by atoms with Gasteiger partial charge in [0.05, 0.1) is 16.1 Å². The molecule has 8 heteroatoms. The van der Waals surface area contributed by atoms with Gasteiger partial charge in [0.2, 0.25) is 0 Å². The second-order valence-corrected chi connectivity index (χ2v) is 6.95. The zero-order valence-corrected chi connectivity index (χ0v) is 16.0. The number of ether oxygens (including phenoxy) is 1. The molecule has 2 aromatic carbocycles. The molecule has 0 saturated heterocycles. The van der Waals surface area contributed by atoms with E-state index in [0.717, 1.165) is 30.1 Å². The van der Waals surface area contributed by atoms with Crippen molar-refractivity contribution in [3.63, 3.8) is 0 Å². The number of anilines is 2. The van der Waals surface area contributed by atoms with Crippen LogP contribution in [0.4, 0.5) is 16.0 Å². The van der Waals surface area contributed by atoms with Gasteiger partial charge in [-0.25, -0.2) is 14.4 Å². The van der Waals surface area contributed by atoms with Gasteiger partial charge in [-0.15, -0.1) is 0 Å². The maximum absolute atomic E-state index is 13.2. The number of halogens is 2. The lowest BCUT2D eigenvalue weighted by Gasteiger charge is -2.23. The Morgan fingerprint density at radius 2 is 1.86 bits per heavy atom. The first-order valence-electron chi connectivity index (χ1n) is 8.89. The molecular weight excluding hydrogens is 383 g/mol. The molecule has 4 rings (SSSR count). The van der Waals surface area contributed by atoms with Crippen LogP contribution in [0, 0.1) is 5.82 Å². The first-order chi connectivity index (χ1) is 13.5. The van der Waals surface area contributed by atoms with Gasteiger partial charge in [0.15, 0.2) is 18.2 Å². The van der Waals surface area contributed by atoms with Crippen molar-refractivity contribution in [3.8, 4) is 5.75 Å². The fourth-order valence-corrected chi connectivity index (χ4v) is 3.37. The molecule has 0 atom stereocenters. The predicted octanol–water partition coefficient (Wildman–Crippen LogP) is 3.67. The molecule has 0 N–H and O–H groups in total. The van der Waals surface area contributed by atoms with Crippen molar-refractivity contribution in [3.05, 3.63) is 53.3 Å². The molecule has 0 saturated carbocycles. The summed E-state index contributed by atoms with van der Waals surface area (Å²) in [6.45, 7) is 1.03. The van der Waals surface area contributed by atoms with Crippen molar-refractivity contribution in [2.24, 2.45) is 0 Å². The van der Waals surface area contributed by atoms with E-state index in [-0.39, 0.29) is 23.3 Å². The zero-order chi connectivity index (χ0) is 19.7. The van der Waals surface area contributed by atoms with Gasteiger partial charge in [-0.05, 0) is 36.8 Å². The molecule has 1 aliphatic heterocycles. The van der Waals surface area contributed by atoms with Crippen LogP contribution in [-0.4, -0.2) is 42.6 Å². The van der Waals surface area contributed by atoms with Gasteiger partial charge in [-0.3, -0.25) is 9.69 Å². The Balaban J connectivity index is 1.63. The number of carbonyl (C=O) groups is 1. The van der Waals surface area contributed by atoms with Crippen molar-refractivity contribution in [2.45, 2.75) is 6.42 Å².